The van der Waals surface area contributed by atoms with Gasteiger partial charge in [-0.25, -0.2) is 27.7 Å². The molecule has 1 aromatic carbocycles. The molecule has 0 unspecified atom stereocenters. The number of rotatable bonds is 7. The number of anilines is 1. The summed E-state index contributed by atoms with van der Waals surface area (Å²) in [6, 6.07) is 4.91. The van der Waals surface area contributed by atoms with Crippen molar-refractivity contribution >= 4 is 39.2 Å². The molecule has 218 valence electrons. The van der Waals surface area contributed by atoms with Crippen LogP contribution in [0, 0.1) is 0 Å². The molecular formula is C27H42N4O6S2. The van der Waals surface area contributed by atoms with Gasteiger partial charge >= 0.3 is 12.2 Å². The highest BCUT2D eigenvalue weighted by atomic mass is 32.2. The Morgan fingerprint density at radius 2 is 1.74 bits per heavy atom. The Morgan fingerprint density at radius 3 is 2.26 bits per heavy atom. The molecular weight excluding hydrogens is 540 g/mol. The minimum absolute atomic E-state index is 0.0255. The van der Waals surface area contributed by atoms with E-state index in [1.165, 1.54) is 25.3 Å². The fraction of sp³-hybridized carbons (Fsp3) is 0.593. The summed E-state index contributed by atoms with van der Waals surface area (Å²) in [7, 11) is -3.86. The molecule has 2 amide bonds. The van der Waals surface area contributed by atoms with Crippen LogP contribution >= 0.6 is 11.3 Å². The Labute approximate surface area is 236 Å². The third kappa shape index (κ3) is 11.1. The second-order valence-corrected chi connectivity index (χ2v) is 13.9. The molecule has 2 aromatic rings. The van der Waals surface area contributed by atoms with Crippen molar-refractivity contribution in [3.8, 4) is 10.4 Å². The van der Waals surface area contributed by atoms with Crippen molar-refractivity contribution in [3.05, 3.63) is 29.4 Å². The summed E-state index contributed by atoms with van der Waals surface area (Å²) in [5.74, 6) is 0.446. The van der Waals surface area contributed by atoms with E-state index < -0.39 is 27.7 Å². The third-order valence-electron chi connectivity index (χ3n) is 5.46. The number of nitrogens with one attached hydrogen (secondary N) is 3. The molecule has 4 N–H and O–H groups in total. The van der Waals surface area contributed by atoms with Gasteiger partial charge in [-0.05, 0) is 73.4 Å². The molecule has 0 aliphatic heterocycles. The van der Waals surface area contributed by atoms with Crippen molar-refractivity contribution in [1.29, 1.82) is 0 Å². The lowest BCUT2D eigenvalue weighted by atomic mass is 9.90. The van der Waals surface area contributed by atoms with Gasteiger partial charge in [-0.3, -0.25) is 5.32 Å². The smallest absolute Gasteiger partial charge is 0.411 e. The molecule has 1 fully saturated rings. The van der Waals surface area contributed by atoms with Crippen LogP contribution in [0.4, 0.5) is 15.3 Å². The van der Waals surface area contributed by atoms with Crippen LogP contribution in [0.25, 0.3) is 10.4 Å². The fourth-order valence-corrected chi connectivity index (χ4v) is 6.90. The molecule has 0 spiro atoms. The molecule has 1 aliphatic carbocycles. The number of hydrogen-bond donors (Lipinski definition) is 4. The lowest BCUT2D eigenvalue weighted by Crippen LogP contribution is -2.40. The average molecular weight is 583 g/mol. The van der Waals surface area contributed by atoms with Crippen LogP contribution < -0.4 is 15.4 Å². The number of carbonyl (C=O) groups is 2. The van der Waals surface area contributed by atoms with Gasteiger partial charge in [0, 0.05) is 34.9 Å². The summed E-state index contributed by atoms with van der Waals surface area (Å²) >= 11 is 1.55. The maximum atomic E-state index is 13.3. The SMILES string of the molecule is CC(C)NC(=O)O.CC(C)OC(=O)Nc1ccc(-c2cnc(C3CCCCC3)s2)c(S(=O)(=O)NC(C)(C)C)c1. The van der Waals surface area contributed by atoms with E-state index in [9.17, 15) is 18.0 Å². The number of carboxylic acid groups (broad SMARTS) is 1. The van der Waals surface area contributed by atoms with Crippen molar-refractivity contribution in [3.63, 3.8) is 0 Å². The number of amides is 2. The van der Waals surface area contributed by atoms with E-state index in [4.69, 9.17) is 9.84 Å². The van der Waals surface area contributed by atoms with Crippen LogP contribution in [-0.2, 0) is 14.8 Å². The Hall–Kier alpha value is -2.70. The molecule has 39 heavy (non-hydrogen) atoms. The standard InChI is InChI=1S/C23H33N3O4S2.C4H9NO2/c1-15(2)30-22(27)25-17-11-12-18(20(13-17)32(28,29)26-23(3,4)5)19-14-24-21(31-19)16-9-7-6-8-10-16;1-3(2)5-4(6)7/h11-16,26H,6-10H2,1-5H3,(H,25,27);3,5H,1-2H3,(H,6,7). The van der Waals surface area contributed by atoms with Gasteiger partial charge in [0.25, 0.3) is 0 Å². The van der Waals surface area contributed by atoms with Crippen LogP contribution in [0.2, 0.25) is 0 Å². The van der Waals surface area contributed by atoms with Gasteiger partial charge in [-0.15, -0.1) is 11.3 Å². The molecule has 1 saturated carbocycles. The topological polar surface area (TPSA) is 147 Å². The van der Waals surface area contributed by atoms with Gasteiger partial charge in [-0.2, -0.15) is 0 Å². The Bertz CT molecular complexity index is 1210. The summed E-state index contributed by atoms with van der Waals surface area (Å²) in [5, 5.41) is 13.9. The maximum absolute atomic E-state index is 13.3. The number of carbonyl (C=O) groups excluding carboxylic acids is 1. The minimum atomic E-state index is -3.86. The number of ether oxygens (including phenoxy) is 1. The van der Waals surface area contributed by atoms with E-state index in [0.29, 0.717) is 17.2 Å². The van der Waals surface area contributed by atoms with E-state index in [2.05, 4.69) is 20.3 Å². The second-order valence-electron chi connectivity index (χ2n) is 11.1. The van der Waals surface area contributed by atoms with E-state index >= 15 is 0 Å². The molecule has 0 atom stereocenters. The second kappa shape index (κ2) is 14.1. The summed E-state index contributed by atoms with van der Waals surface area (Å²) in [6.07, 6.45) is 5.84. The van der Waals surface area contributed by atoms with E-state index in [0.717, 1.165) is 22.7 Å². The fourth-order valence-electron chi connectivity index (χ4n) is 4.04. The maximum Gasteiger partial charge on any atom is 0.411 e. The number of thiazole rings is 1. The zero-order valence-corrected chi connectivity index (χ0v) is 25.5. The van der Waals surface area contributed by atoms with Crippen molar-refractivity contribution in [2.75, 3.05) is 5.32 Å². The summed E-state index contributed by atoms with van der Waals surface area (Å²) in [5.41, 5.74) is 0.270. The summed E-state index contributed by atoms with van der Waals surface area (Å²) in [4.78, 5) is 27.3. The number of sulfonamides is 1. The van der Waals surface area contributed by atoms with E-state index in [-0.39, 0.29) is 17.0 Å². The van der Waals surface area contributed by atoms with Gasteiger partial charge < -0.3 is 15.2 Å². The molecule has 3 rings (SSSR count). The monoisotopic (exact) mass is 582 g/mol. The number of hydrogen-bond acceptors (Lipinski definition) is 7. The van der Waals surface area contributed by atoms with Crippen molar-refractivity contribution < 1.29 is 27.9 Å². The highest BCUT2D eigenvalue weighted by Gasteiger charge is 2.27. The first kappa shape index (κ1) is 32.5. The van der Waals surface area contributed by atoms with Gasteiger partial charge in [0.15, 0.2) is 0 Å². The first-order chi connectivity index (χ1) is 18.1. The van der Waals surface area contributed by atoms with Crippen molar-refractivity contribution in [1.82, 2.24) is 15.0 Å². The highest BCUT2D eigenvalue weighted by molar-refractivity contribution is 7.89. The third-order valence-corrected chi connectivity index (χ3v) is 8.45. The van der Waals surface area contributed by atoms with E-state index in [1.54, 1.807) is 78.1 Å². The lowest BCUT2D eigenvalue weighted by molar-refractivity contribution is 0.130. The summed E-state index contributed by atoms with van der Waals surface area (Å²) < 4.78 is 34.4. The van der Waals surface area contributed by atoms with Crippen LogP contribution in [0.5, 0.6) is 0 Å². The Morgan fingerprint density at radius 1 is 1.10 bits per heavy atom. The van der Waals surface area contributed by atoms with Gasteiger partial charge in [0.2, 0.25) is 10.0 Å². The number of aromatic nitrogens is 1. The van der Waals surface area contributed by atoms with Gasteiger partial charge in [0.05, 0.1) is 20.9 Å². The van der Waals surface area contributed by atoms with E-state index in [1.807, 2.05) is 0 Å². The molecule has 0 bridgehead atoms. The van der Waals surface area contributed by atoms with Crippen LogP contribution in [-0.4, -0.2) is 48.4 Å². The largest absolute Gasteiger partial charge is 0.465 e. The van der Waals surface area contributed by atoms with Crippen LogP contribution in [0.1, 0.15) is 91.5 Å². The Balaban J connectivity index is 0.000000673. The molecule has 12 heteroatoms. The molecule has 1 aliphatic rings. The normalized spacial score (nSPS) is 14.5. The number of benzene rings is 1. The predicted molar refractivity (Wildman–Crippen MR) is 155 cm³/mol. The average Bonchev–Trinajstić information content (AvgIpc) is 3.27. The predicted octanol–water partition coefficient (Wildman–Crippen LogP) is 6.55. The lowest BCUT2D eigenvalue weighted by Gasteiger charge is -2.22. The minimum Gasteiger partial charge on any atom is -0.465 e. The van der Waals surface area contributed by atoms with Crippen molar-refractivity contribution in [2.45, 2.75) is 109 Å². The first-order valence-corrected chi connectivity index (χ1v) is 15.5. The Kier molecular flexibility index (Phi) is 11.7. The quantitative estimate of drug-likeness (QED) is 0.289. The van der Waals surface area contributed by atoms with Gasteiger partial charge in [0.1, 0.15) is 0 Å². The zero-order valence-electron chi connectivity index (χ0n) is 23.8. The molecule has 10 nitrogen and oxygen atoms in total. The first-order valence-electron chi connectivity index (χ1n) is 13.2. The zero-order chi connectivity index (χ0) is 29.4. The highest BCUT2D eigenvalue weighted by Crippen LogP contribution is 2.39. The summed E-state index contributed by atoms with van der Waals surface area (Å²) in [6.45, 7) is 12.4. The number of nitrogens with zero attached hydrogens (tertiary/aromatic N) is 1. The van der Waals surface area contributed by atoms with Crippen molar-refractivity contribution in [2.24, 2.45) is 0 Å². The molecule has 0 saturated heterocycles. The molecule has 0 radical (unpaired) electrons. The van der Waals surface area contributed by atoms with Crippen LogP contribution in [0.15, 0.2) is 29.3 Å². The van der Waals surface area contributed by atoms with Gasteiger partial charge in [-0.1, -0.05) is 25.3 Å². The molecule has 1 aromatic heterocycles. The molecule has 1 heterocycles. The van der Waals surface area contributed by atoms with Crippen LogP contribution in [0.3, 0.4) is 0 Å².